The van der Waals surface area contributed by atoms with Gasteiger partial charge in [-0.1, -0.05) is 35.9 Å². The fraction of sp³-hybridized carbons (Fsp3) is 0.350. The molecular formula is C20H23FN2O3S. The number of aryl methyl sites for hydroxylation is 1. The van der Waals surface area contributed by atoms with Gasteiger partial charge in [0.1, 0.15) is 5.82 Å². The Morgan fingerprint density at radius 3 is 2.41 bits per heavy atom. The van der Waals surface area contributed by atoms with Crippen LogP contribution in [0.2, 0.25) is 0 Å². The molecule has 3 rings (SSSR count). The highest BCUT2D eigenvalue weighted by atomic mass is 32.2. The smallest absolute Gasteiger partial charge is 0.243 e. The second-order valence-electron chi connectivity index (χ2n) is 6.72. The summed E-state index contributed by atoms with van der Waals surface area (Å²) < 4.78 is 40.9. The Bertz CT molecular complexity index is 913. The SMILES string of the molecule is Cc1ccc(S(=O)(=O)N2CCCN(C(=O)Cc3ccccc3F)CC2)cc1. The van der Waals surface area contributed by atoms with E-state index in [0.717, 1.165) is 5.56 Å². The zero-order chi connectivity index (χ0) is 19.4. The first kappa shape index (κ1) is 19.5. The third kappa shape index (κ3) is 4.54. The lowest BCUT2D eigenvalue weighted by atomic mass is 10.1. The predicted octanol–water partition coefficient (Wildman–Crippen LogP) is 2.60. The quantitative estimate of drug-likeness (QED) is 0.806. The number of carbonyl (C=O) groups is 1. The van der Waals surface area contributed by atoms with Crippen molar-refractivity contribution in [1.29, 1.82) is 0 Å². The molecule has 0 unspecified atom stereocenters. The van der Waals surface area contributed by atoms with Crippen LogP contribution in [0, 0.1) is 12.7 Å². The van der Waals surface area contributed by atoms with Gasteiger partial charge < -0.3 is 4.90 Å². The van der Waals surface area contributed by atoms with Crippen LogP contribution in [0.1, 0.15) is 17.5 Å². The van der Waals surface area contributed by atoms with E-state index in [1.54, 1.807) is 47.4 Å². The van der Waals surface area contributed by atoms with Gasteiger partial charge in [0, 0.05) is 26.2 Å². The standard InChI is InChI=1S/C20H23FN2O3S/c1-16-7-9-18(10-8-16)27(25,26)23-12-4-11-22(13-14-23)20(24)15-17-5-2-3-6-19(17)21/h2-3,5-10H,4,11-15H2,1H3. The molecule has 0 spiro atoms. The number of hydrogen-bond acceptors (Lipinski definition) is 3. The Hall–Kier alpha value is -2.25. The van der Waals surface area contributed by atoms with Crippen molar-refractivity contribution in [3.63, 3.8) is 0 Å². The summed E-state index contributed by atoms with van der Waals surface area (Å²) in [7, 11) is -3.58. The van der Waals surface area contributed by atoms with E-state index in [1.165, 1.54) is 10.4 Å². The summed E-state index contributed by atoms with van der Waals surface area (Å²) in [6.45, 7) is 3.27. The van der Waals surface area contributed by atoms with Crippen LogP contribution in [-0.4, -0.2) is 49.7 Å². The van der Waals surface area contributed by atoms with Crippen molar-refractivity contribution in [2.45, 2.75) is 24.7 Å². The molecule has 1 aliphatic heterocycles. The minimum atomic E-state index is -3.58. The zero-order valence-electron chi connectivity index (χ0n) is 15.3. The molecule has 2 aromatic rings. The summed E-state index contributed by atoms with van der Waals surface area (Å²) in [6, 6.07) is 13.0. The summed E-state index contributed by atoms with van der Waals surface area (Å²) in [6.07, 6.45) is 0.533. The van der Waals surface area contributed by atoms with Crippen LogP contribution in [0.25, 0.3) is 0 Å². The van der Waals surface area contributed by atoms with E-state index in [4.69, 9.17) is 0 Å². The third-order valence-electron chi connectivity index (χ3n) is 4.77. The molecule has 1 saturated heterocycles. The van der Waals surface area contributed by atoms with Gasteiger partial charge in [0.25, 0.3) is 0 Å². The normalized spacial score (nSPS) is 16.1. The lowest BCUT2D eigenvalue weighted by molar-refractivity contribution is -0.130. The molecule has 0 N–H and O–H groups in total. The Labute approximate surface area is 159 Å². The molecule has 0 radical (unpaired) electrons. The van der Waals surface area contributed by atoms with E-state index >= 15 is 0 Å². The van der Waals surface area contributed by atoms with Crippen molar-refractivity contribution in [3.8, 4) is 0 Å². The first-order valence-corrected chi connectivity index (χ1v) is 10.4. The number of nitrogens with zero attached hydrogens (tertiary/aromatic N) is 2. The van der Waals surface area contributed by atoms with Crippen molar-refractivity contribution in [1.82, 2.24) is 9.21 Å². The van der Waals surface area contributed by atoms with Crippen LogP contribution >= 0.6 is 0 Å². The lowest BCUT2D eigenvalue weighted by Crippen LogP contribution is -2.38. The number of rotatable bonds is 4. The number of hydrogen-bond donors (Lipinski definition) is 0. The topological polar surface area (TPSA) is 57.7 Å². The molecule has 0 bridgehead atoms. The first-order chi connectivity index (χ1) is 12.9. The number of benzene rings is 2. The fourth-order valence-corrected chi connectivity index (χ4v) is 4.63. The van der Waals surface area contributed by atoms with E-state index in [0.29, 0.717) is 31.6 Å². The van der Waals surface area contributed by atoms with Gasteiger partial charge in [0.05, 0.1) is 11.3 Å². The minimum Gasteiger partial charge on any atom is -0.341 e. The lowest BCUT2D eigenvalue weighted by Gasteiger charge is -2.22. The molecule has 1 aliphatic rings. The number of halogens is 1. The van der Waals surface area contributed by atoms with Crippen LogP contribution in [0.5, 0.6) is 0 Å². The van der Waals surface area contributed by atoms with E-state index in [1.807, 2.05) is 6.92 Å². The predicted molar refractivity (Wildman–Crippen MR) is 101 cm³/mol. The van der Waals surface area contributed by atoms with Crippen LogP contribution in [0.3, 0.4) is 0 Å². The zero-order valence-corrected chi connectivity index (χ0v) is 16.1. The van der Waals surface area contributed by atoms with Crippen LogP contribution in [-0.2, 0) is 21.2 Å². The summed E-state index contributed by atoms with van der Waals surface area (Å²) in [4.78, 5) is 14.4. The second kappa shape index (κ2) is 8.19. The molecule has 5 nitrogen and oxygen atoms in total. The van der Waals surface area contributed by atoms with Crippen LogP contribution in [0.15, 0.2) is 53.4 Å². The Kier molecular flexibility index (Phi) is 5.92. The van der Waals surface area contributed by atoms with Gasteiger partial charge in [-0.05, 0) is 37.1 Å². The Morgan fingerprint density at radius 1 is 1.00 bits per heavy atom. The van der Waals surface area contributed by atoms with Crippen LogP contribution < -0.4 is 0 Å². The maximum absolute atomic E-state index is 13.8. The van der Waals surface area contributed by atoms with E-state index < -0.39 is 15.8 Å². The Morgan fingerprint density at radius 2 is 1.70 bits per heavy atom. The summed E-state index contributed by atoms with van der Waals surface area (Å²) >= 11 is 0. The summed E-state index contributed by atoms with van der Waals surface area (Å²) in [5.41, 5.74) is 1.35. The van der Waals surface area contributed by atoms with Crippen LogP contribution in [0.4, 0.5) is 4.39 Å². The maximum atomic E-state index is 13.8. The van der Waals surface area contributed by atoms with Gasteiger partial charge in [0.2, 0.25) is 15.9 Å². The van der Waals surface area contributed by atoms with Crippen molar-refractivity contribution in [3.05, 3.63) is 65.5 Å². The Balaban J connectivity index is 1.67. The number of amides is 1. The molecule has 0 aromatic heterocycles. The van der Waals surface area contributed by atoms with E-state index in [9.17, 15) is 17.6 Å². The molecular weight excluding hydrogens is 367 g/mol. The molecule has 27 heavy (non-hydrogen) atoms. The van der Waals surface area contributed by atoms with Gasteiger partial charge in [0.15, 0.2) is 0 Å². The van der Waals surface area contributed by atoms with E-state index in [2.05, 4.69) is 0 Å². The first-order valence-electron chi connectivity index (χ1n) is 8.96. The van der Waals surface area contributed by atoms with Crippen molar-refractivity contribution >= 4 is 15.9 Å². The van der Waals surface area contributed by atoms with Gasteiger partial charge in [-0.2, -0.15) is 4.31 Å². The minimum absolute atomic E-state index is 0.0165. The molecule has 0 atom stereocenters. The highest BCUT2D eigenvalue weighted by Gasteiger charge is 2.28. The molecule has 7 heteroatoms. The molecule has 0 aliphatic carbocycles. The number of sulfonamides is 1. The van der Waals surface area contributed by atoms with Gasteiger partial charge in [-0.15, -0.1) is 0 Å². The van der Waals surface area contributed by atoms with Gasteiger partial charge in [-0.25, -0.2) is 12.8 Å². The maximum Gasteiger partial charge on any atom is 0.243 e. The summed E-state index contributed by atoms with van der Waals surface area (Å²) in [5, 5.41) is 0. The molecule has 2 aromatic carbocycles. The average Bonchev–Trinajstić information content (AvgIpc) is 2.91. The summed E-state index contributed by atoms with van der Waals surface area (Å²) in [5.74, 6) is -0.584. The number of carbonyl (C=O) groups excluding carboxylic acids is 1. The highest BCUT2D eigenvalue weighted by Crippen LogP contribution is 2.19. The largest absolute Gasteiger partial charge is 0.341 e. The molecule has 1 amide bonds. The van der Waals surface area contributed by atoms with Crippen molar-refractivity contribution < 1.29 is 17.6 Å². The average molecular weight is 390 g/mol. The molecule has 1 heterocycles. The van der Waals surface area contributed by atoms with E-state index in [-0.39, 0.29) is 23.8 Å². The van der Waals surface area contributed by atoms with Gasteiger partial charge in [-0.3, -0.25) is 4.79 Å². The fourth-order valence-electron chi connectivity index (χ4n) is 3.16. The third-order valence-corrected chi connectivity index (χ3v) is 6.68. The van der Waals surface area contributed by atoms with Crippen molar-refractivity contribution in [2.24, 2.45) is 0 Å². The molecule has 1 fully saturated rings. The highest BCUT2D eigenvalue weighted by molar-refractivity contribution is 7.89. The molecule has 144 valence electrons. The van der Waals surface area contributed by atoms with Crippen molar-refractivity contribution in [2.75, 3.05) is 26.2 Å². The molecule has 0 saturated carbocycles. The monoisotopic (exact) mass is 390 g/mol. The second-order valence-corrected chi connectivity index (χ2v) is 8.66. The van der Waals surface area contributed by atoms with Gasteiger partial charge >= 0.3 is 0 Å².